The van der Waals surface area contributed by atoms with Crippen molar-refractivity contribution in [3.05, 3.63) is 23.5 Å². The minimum atomic E-state index is 0.176. The van der Waals surface area contributed by atoms with Crippen LogP contribution in [-0.4, -0.2) is 46.1 Å². The smallest absolute Gasteiger partial charge is 0.223 e. The second-order valence-electron chi connectivity index (χ2n) is 7.44. The van der Waals surface area contributed by atoms with Gasteiger partial charge in [-0.3, -0.25) is 4.79 Å². The SMILES string of the molecule is COC[C@@H]1CN(C(=O)C[C@@H]2C=CCC2)Cc2nnn(CC3CC3)c21. The summed E-state index contributed by atoms with van der Waals surface area (Å²) in [5.41, 5.74) is 2.15. The van der Waals surface area contributed by atoms with Crippen LogP contribution >= 0.6 is 0 Å². The van der Waals surface area contributed by atoms with Crippen LogP contribution in [0.2, 0.25) is 0 Å². The normalized spacial score (nSPS) is 26.0. The molecule has 0 saturated heterocycles. The van der Waals surface area contributed by atoms with E-state index in [1.807, 2.05) is 4.90 Å². The Hall–Kier alpha value is -1.69. The summed E-state index contributed by atoms with van der Waals surface area (Å²) in [5, 5.41) is 8.75. The van der Waals surface area contributed by atoms with Crippen LogP contribution in [0.1, 0.15) is 49.4 Å². The molecule has 1 fully saturated rings. The number of hydrogen-bond acceptors (Lipinski definition) is 4. The molecular formula is C18H26N4O2. The van der Waals surface area contributed by atoms with Crippen molar-refractivity contribution in [3.63, 3.8) is 0 Å². The highest BCUT2D eigenvalue weighted by Crippen LogP contribution is 2.34. The fourth-order valence-corrected chi connectivity index (χ4v) is 3.93. The van der Waals surface area contributed by atoms with Crippen molar-refractivity contribution in [2.45, 2.75) is 51.1 Å². The van der Waals surface area contributed by atoms with Gasteiger partial charge < -0.3 is 9.64 Å². The van der Waals surface area contributed by atoms with Gasteiger partial charge in [-0.15, -0.1) is 5.10 Å². The number of methoxy groups -OCH3 is 1. The number of carbonyl (C=O) groups excluding carboxylic acids is 1. The molecule has 1 aliphatic heterocycles. The van der Waals surface area contributed by atoms with E-state index >= 15 is 0 Å². The summed E-state index contributed by atoms with van der Waals surface area (Å²) in [6.07, 6.45) is 9.77. The molecule has 2 atom stereocenters. The lowest BCUT2D eigenvalue weighted by atomic mass is 9.97. The lowest BCUT2D eigenvalue weighted by molar-refractivity contribution is -0.133. The fourth-order valence-electron chi connectivity index (χ4n) is 3.93. The summed E-state index contributed by atoms with van der Waals surface area (Å²) < 4.78 is 7.49. The van der Waals surface area contributed by atoms with Gasteiger partial charge in [0, 0.05) is 32.5 Å². The fraction of sp³-hybridized carbons (Fsp3) is 0.722. The molecule has 0 aromatic carbocycles. The standard InChI is InChI=1S/C18H26N4O2/c1-24-12-15-10-21(17(23)8-13-4-2-3-5-13)11-16-18(15)22(20-19-16)9-14-6-7-14/h2,4,13-15H,3,5-12H2,1H3/t13-,15+/m1/s1. The number of nitrogens with zero attached hydrogens (tertiary/aromatic N) is 4. The van der Waals surface area contributed by atoms with Gasteiger partial charge >= 0.3 is 0 Å². The van der Waals surface area contributed by atoms with Crippen LogP contribution in [0, 0.1) is 11.8 Å². The zero-order chi connectivity index (χ0) is 16.5. The van der Waals surface area contributed by atoms with Gasteiger partial charge in [-0.2, -0.15) is 0 Å². The van der Waals surface area contributed by atoms with Crippen molar-refractivity contribution < 1.29 is 9.53 Å². The van der Waals surface area contributed by atoms with Crippen LogP contribution in [0.25, 0.3) is 0 Å². The summed E-state index contributed by atoms with van der Waals surface area (Å²) in [6.45, 7) is 2.88. The molecule has 1 aromatic rings. The third-order valence-electron chi connectivity index (χ3n) is 5.41. The Bertz CT molecular complexity index is 635. The van der Waals surface area contributed by atoms with Crippen molar-refractivity contribution >= 4 is 5.91 Å². The largest absolute Gasteiger partial charge is 0.384 e. The van der Waals surface area contributed by atoms with E-state index in [-0.39, 0.29) is 11.8 Å². The molecule has 3 aliphatic rings. The van der Waals surface area contributed by atoms with Gasteiger partial charge in [0.2, 0.25) is 5.91 Å². The molecule has 0 bridgehead atoms. The van der Waals surface area contributed by atoms with Crippen LogP contribution in [-0.2, 0) is 22.6 Å². The number of allylic oxidation sites excluding steroid dienone is 2. The molecule has 2 aliphatic carbocycles. The maximum atomic E-state index is 12.7. The predicted molar refractivity (Wildman–Crippen MR) is 89.3 cm³/mol. The maximum Gasteiger partial charge on any atom is 0.223 e. The molecule has 6 nitrogen and oxygen atoms in total. The molecule has 2 heterocycles. The Morgan fingerprint density at radius 3 is 2.96 bits per heavy atom. The van der Waals surface area contributed by atoms with E-state index in [1.54, 1.807) is 7.11 Å². The number of ether oxygens (including phenoxy) is 1. The highest BCUT2D eigenvalue weighted by Gasteiger charge is 2.35. The molecule has 0 N–H and O–H groups in total. The average molecular weight is 330 g/mol. The van der Waals surface area contributed by atoms with Crippen molar-refractivity contribution in [2.75, 3.05) is 20.3 Å². The summed E-state index contributed by atoms with van der Waals surface area (Å²) in [5.74, 6) is 1.57. The number of amides is 1. The number of aromatic nitrogens is 3. The van der Waals surface area contributed by atoms with Crippen molar-refractivity contribution in [2.24, 2.45) is 11.8 Å². The Morgan fingerprint density at radius 1 is 1.38 bits per heavy atom. The first-order valence-electron chi connectivity index (χ1n) is 9.10. The molecule has 1 saturated carbocycles. The number of carbonyl (C=O) groups is 1. The van der Waals surface area contributed by atoms with E-state index in [9.17, 15) is 4.79 Å². The van der Waals surface area contributed by atoms with Gasteiger partial charge in [0.15, 0.2) is 0 Å². The topological polar surface area (TPSA) is 60.2 Å². The van der Waals surface area contributed by atoms with E-state index < -0.39 is 0 Å². The highest BCUT2D eigenvalue weighted by molar-refractivity contribution is 5.77. The first-order chi connectivity index (χ1) is 11.7. The molecule has 6 heteroatoms. The zero-order valence-electron chi connectivity index (χ0n) is 14.4. The lowest BCUT2D eigenvalue weighted by Gasteiger charge is -2.32. The Labute approximate surface area is 142 Å². The van der Waals surface area contributed by atoms with Gasteiger partial charge in [0.1, 0.15) is 5.69 Å². The first-order valence-corrected chi connectivity index (χ1v) is 9.10. The summed E-state index contributed by atoms with van der Waals surface area (Å²) in [6, 6.07) is 0. The van der Waals surface area contributed by atoms with Crippen LogP contribution in [0.3, 0.4) is 0 Å². The predicted octanol–water partition coefficient (Wildman–Crippen LogP) is 2.12. The van der Waals surface area contributed by atoms with Crippen LogP contribution in [0.15, 0.2) is 12.2 Å². The molecule has 24 heavy (non-hydrogen) atoms. The van der Waals surface area contributed by atoms with Crippen LogP contribution in [0.5, 0.6) is 0 Å². The minimum Gasteiger partial charge on any atom is -0.384 e. The maximum absolute atomic E-state index is 12.7. The Kier molecular flexibility index (Phi) is 4.39. The summed E-state index contributed by atoms with van der Waals surface area (Å²) in [4.78, 5) is 14.7. The Morgan fingerprint density at radius 2 is 2.25 bits per heavy atom. The van der Waals surface area contributed by atoms with Crippen molar-refractivity contribution in [3.8, 4) is 0 Å². The summed E-state index contributed by atoms with van der Waals surface area (Å²) >= 11 is 0. The zero-order valence-corrected chi connectivity index (χ0v) is 14.4. The van der Waals surface area contributed by atoms with Gasteiger partial charge in [0.05, 0.1) is 18.8 Å². The second kappa shape index (κ2) is 6.67. The van der Waals surface area contributed by atoms with E-state index in [0.717, 1.165) is 31.0 Å². The second-order valence-corrected chi connectivity index (χ2v) is 7.44. The molecule has 0 unspecified atom stereocenters. The molecular weight excluding hydrogens is 304 g/mol. The van der Waals surface area contributed by atoms with E-state index in [1.165, 1.54) is 18.5 Å². The monoisotopic (exact) mass is 330 g/mol. The number of fused-ring (bicyclic) bond motifs is 1. The molecule has 130 valence electrons. The molecule has 0 radical (unpaired) electrons. The van der Waals surface area contributed by atoms with Gasteiger partial charge in [-0.1, -0.05) is 17.4 Å². The van der Waals surface area contributed by atoms with Crippen molar-refractivity contribution in [1.29, 1.82) is 0 Å². The van der Waals surface area contributed by atoms with E-state index in [0.29, 0.717) is 32.0 Å². The molecule has 1 aromatic heterocycles. The third-order valence-corrected chi connectivity index (χ3v) is 5.41. The Balaban J connectivity index is 1.49. The average Bonchev–Trinajstić information content (AvgIpc) is 3.06. The molecule has 0 spiro atoms. The lowest BCUT2D eigenvalue weighted by Crippen LogP contribution is -2.40. The third kappa shape index (κ3) is 3.24. The van der Waals surface area contributed by atoms with E-state index in [4.69, 9.17) is 4.74 Å². The van der Waals surface area contributed by atoms with Gasteiger partial charge in [-0.05, 0) is 37.5 Å². The quantitative estimate of drug-likeness (QED) is 0.750. The van der Waals surface area contributed by atoms with Gasteiger partial charge in [0.25, 0.3) is 0 Å². The number of hydrogen-bond donors (Lipinski definition) is 0. The van der Waals surface area contributed by atoms with Crippen LogP contribution < -0.4 is 0 Å². The number of rotatable bonds is 6. The highest BCUT2D eigenvalue weighted by atomic mass is 16.5. The first kappa shape index (κ1) is 15.8. The van der Waals surface area contributed by atoms with Gasteiger partial charge in [-0.25, -0.2) is 4.68 Å². The van der Waals surface area contributed by atoms with Crippen LogP contribution in [0.4, 0.5) is 0 Å². The van der Waals surface area contributed by atoms with E-state index in [2.05, 4.69) is 27.1 Å². The molecule has 4 rings (SSSR count). The van der Waals surface area contributed by atoms with Crippen molar-refractivity contribution in [1.82, 2.24) is 19.9 Å². The summed E-state index contributed by atoms with van der Waals surface area (Å²) in [7, 11) is 1.72. The molecule has 1 amide bonds. The minimum absolute atomic E-state index is 0.176.